The lowest BCUT2D eigenvalue weighted by Gasteiger charge is -2.43. The zero-order valence-electron chi connectivity index (χ0n) is 18.6. The van der Waals surface area contributed by atoms with Crippen molar-refractivity contribution in [2.75, 3.05) is 39.5 Å². The fraction of sp³-hybridized carbons (Fsp3) is 0.650. The third-order valence-electron chi connectivity index (χ3n) is 5.53. The second-order valence-corrected chi connectivity index (χ2v) is 12.2. The zero-order chi connectivity index (χ0) is 22.7. The fourth-order valence-electron chi connectivity index (χ4n) is 4.49. The quantitative estimate of drug-likeness (QED) is 0.435. The summed E-state index contributed by atoms with van der Waals surface area (Å²) in [7, 11) is -8.26. The topological polar surface area (TPSA) is 94.6 Å². The number of nitrogens with zero attached hydrogens (tertiary/aromatic N) is 2. The van der Waals surface area contributed by atoms with Crippen LogP contribution in [0.15, 0.2) is 30.3 Å². The van der Waals surface area contributed by atoms with Crippen LogP contribution in [0.2, 0.25) is 0 Å². The van der Waals surface area contributed by atoms with E-state index in [1.54, 1.807) is 27.7 Å². The van der Waals surface area contributed by atoms with Crippen LogP contribution in [0, 0.1) is 0 Å². The summed E-state index contributed by atoms with van der Waals surface area (Å²) < 4.78 is 52.2. The van der Waals surface area contributed by atoms with Crippen LogP contribution >= 0.6 is 15.2 Å². The molecule has 0 N–H and O–H groups in total. The maximum absolute atomic E-state index is 14.5. The van der Waals surface area contributed by atoms with Crippen molar-refractivity contribution >= 4 is 21.1 Å². The van der Waals surface area contributed by atoms with E-state index in [-0.39, 0.29) is 38.9 Å². The summed E-state index contributed by atoms with van der Waals surface area (Å²) in [4.78, 5) is 11.0. The zero-order valence-corrected chi connectivity index (χ0v) is 20.3. The highest BCUT2D eigenvalue weighted by Crippen LogP contribution is 2.83. The molecule has 9 nitrogen and oxygen atoms in total. The van der Waals surface area contributed by atoms with Crippen molar-refractivity contribution in [1.29, 1.82) is 0 Å². The first-order valence-electron chi connectivity index (χ1n) is 10.7. The molecule has 11 heteroatoms. The van der Waals surface area contributed by atoms with Gasteiger partial charge < -0.3 is 18.1 Å². The van der Waals surface area contributed by atoms with Crippen LogP contribution in [-0.4, -0.2) is 60.3 Å². The number of amides is 1. The van der Waals surface area contributed by atoms with Crippen LogP contribution in [0.3, 0.4) is 0 Å². The number of hydrazine groups is 1. The number of hydrogen-bond acceptors (Lipinski definition) is 8. The summed E-state index contributed by atoms with van der Waals surface area (Å²) >= 11 is 0. The first-order chi connectivity index (χ1) is 14.8. The molecule has 1 unspecified atom stereocenters. The van der Waals surface area contributed by atoms with Gasteiger partial charge in [0, 0.05) is 13.0 Å². The average Bonchev–Trinajstić information content (AvgIpc) is 3.27. The molecule has 0 bridgehead atoms. The minimum Gasteiger partial charge on any atom is -0.308 e. The smallest absolute Gasteiger partial charge is 0.308 e. The number of hydrogen-bond donors (Lipinski definition) is 0. The lowest BCUT2D eigenvalue weighted by molar-refractivity contribution is -0.135. The second-order valence-electron chi connectivity index (χ2n) is 7.22. The molecule has 174 valence electrons. The standard InChI is InChI=1S/C20H32N2O7P2/c1-5-26-30(24,27-6-2)20(31(25,28-7-3)29-8-4)16-22-18(23)14-15-21(22)19(20)17-12-10-9-11-13-17/h9-13,19H,5-8,14-16H2,1-4H3. The maximum Gasteiger partial charge on any atom is 0.352 e. The Balaban J connectivity index is 2.35. The molecule has 1 atom stereocenters. The SMILES string of the molecule is CCOP(=O)(OCC)C1(P(=O)(OCC)OCC)CN2C(=O)CCN2C1c1ccccc1. The Bertz CT molecular complexity index is 816. The number of fused-ring (bicyclic) bond motifs is 1. The van der Waals surface area contributed by atoms with E-state index in [9.17, 15) is 13.9 Å². The maximum atomic E-state index is 14.5. The first-order valence-corrected chi connectivity index (χ1v) is 13.8. The van der Waals surface area contributed by atoms with Crippen molar-refractivity contribution in [3.05, 3.63) is 35.9 Å². The van der Waals surface area contributed by atoms with Gasteiger partial charge in [-0.1, -0.05) is 30.3 Å². The number of benzene rings is 1. The molecule has 0 aliphatic carbocycles. The average molecular weight is 474 g/mol. The fourth-order valence-corrected chi connectivity index (χ4v) is 10.6. The lowest BCUT2D eigenvalue weighted by atomic mass is 10.0. The van der Waals surface area contributed by atoms with E-state index >= 15 is 0 Å². The molecule has 0 saturated carbocycles. The molecular formula is C20H32N2O7P2. The molecule has 2 heterocycles. The van der Waals surface area contributed by atoms with E-state index in [0.29, 0.717) is 13.0 Å². The van der Waals surface area contributed by atoms with Gasteiger partial charge in [0.25, 0.3) is 0 Å². The van der Waals surface area contributed by atoms with Crippen LogP contribution in [0.4, 0.5) is 0 Å². The summed E-state index contributed by atoms with van der Waals surface area (Å²) in [5.74, 6) is -0.137. The van der Waals surface area contributed by atoms with Gasteiger partial charge in [-0.25, -0.2) is 5.01 Å². The van der Waals surface area contributed by atoms with Gasteiger partial charge in [0.2, 0.25) is 10.8 Å². The molecule has 2 fully saturated rings. The molecule has 3 rings (SSSR count). The van der Waals surface area contributed by atoms with Gasteiger partial charge in [-0.3, -0.25) is 18.9 Å². The molecule has 1 amide bonds. The van der Waals surface area contributed by atoms with Gasteiger partial charge in [-0.05, 0) is 33.3 Å². The molecule has 31 heavy (non-hydrogen) atoms. The minimum absolute atomic E-state index is 0.0761. The number of carbonyl (C=O) groups is 1. The molecule has 2 saturated heterocycles. The van der Waals surface area contributed by atoms with E-state index in [1.165, 1.54) is 5.01 Å². The van der Waals surface area contributed by atoms with E-state index in [0.717, 1.165) is 5.56 Å². The summed E-state index contributed by atoms with van der Waals surface area (Å²) in [5.41, 5.74) is 0.735. The Morgan fingerprint density at radius 2 is 1.39 bits per heavy atom. The summed E-state index contributed by atoms with van der Waals surface area (Å²) in [6, 6.07) is 8.51. The van der Waals surface area contributed by atoms with Crippen LogP contribution in [-0.2, 0) is 32.0 Å². The lowest BCUT2D eigenvalue weighted by Crippen LogP contribution is -2.42. The van der Waals surface area contributed by atoms with Gasteiger partial charge in [0.05, 0.1) is 39.0 Å². The van der Waals surface area contributed by atoms with Gasteiger partial charge in [-0.2, -0.15) is 0 Å². The van der Waals surface area contributed by atoms with Gasteiger partial charge in [0.15, 0.2) is 0 Å². The predicted octanol–water partition coefficient (Wildman–Crippen LogP) is 4.42. The van der Waals surface area contributed by atoms with Crippen molar-refractivity contribution < 1.29 is 32.0 Å². The normalized spacial score (nSPS) is 21.6. The van der Waals surface area contributed by atoms with Crippen LogP contribution in [0.5, 0.6) is 0 Å². The number of carbonyl (C=O) groups excluding carboxylic acids is 1. The molecule has 0 radical (unpaired) electrons. The second kappa shape index (κ2) is 9.84. The molecule has 1 aromatic carbocycles. The van der Waals surface area contributed by atoms with Crippen molar-refractivity contribution in [3.63, 3.8) is 0 Å². The molecule has 0 aromatic heterocycles. The number of rotatable bonds is 11. The Labute approximate surface area is 184 Å². The summed E-state index contributed by atoms with van der Waals surface area (Å²) in [6.07, 6.45) is 0.320. The largest absolute Gasteiger partial charge is 0.352 e. The third-order valence-corrected chi connectivity index (χ3v) is 12.1. The van der Waals surface area contributed by atoms with E-state index in [1.807, 2.05) is 35.3 Å². The van der Waals surface area contributed by atoms with Crippen molar-refractivity contribution in [3.8, 4) is 0 Å². The van der Waals surface area contributed by atoms with E-state index < -0.39 is 26.1 Å². The Kier molecular flexibility index (Phi) is 7.80. The third kappa shape index (κ3) is 3.95. The van der Waals surface area contributed by atoms with Crippen LogP contribution in [0.1, 0.15) is 45.7 Å². The van der Waals surface area contributed by atoms with E-state index in [4.69, 9.17) is 18.1 Å². The molecule has 1 aromatic rings. The van der Waals surface area contributed by atoms with Crippen molar-refractivity contribution in [1.82, 2.24) is 10.0 Å². The Morgan fingerprint density at radius 3 is 1.84 bits per heavy atom. The summed E-state index contributed by atoms with van der Waals surface area (Å²) in [5, 5.41) is 3.32. The van der Waals surface area contributed by atoms with Gasteiger partial charge >= 0.3 is 15.2 Å². The van der Waals surface area contributed by atoms with Crippen molar-refractivity contribution in [2.24, 2.45) is 0 Å². The predicted molar refractivity (Wildman–Crippen MR) is 117 cm³/mol. The van der Waals surface area contributed by atoms with Gasteiger partial charge in [-0.15, -0.1) is 0 Å². The molecule has 2 aliphatic heterocycles. The highest BCUT2D eigenvalue weighted by molar-refractivity contribution is 7.74. The Hall–Kier alpha value is -1.05. The minimum atomic E-state index is -4.13. The monoisotopic (exact) mass is 474 g/mol. The highest BCUT2D eigenvalue weighted by atomic mass is 31.2. The molecular weight excluding hydrogens is 442 g/mol. The summed E-state index contributed by atoms with van der Waals surface area (Å²) in [6.45, 7) is 7.36. The van der Waals surface area contributed by atoms with E-state index in [2.05, 4.69) is 0 Å². The molecule has 2 aliphatic rings. The van der Waals surface area contributed by atoms with Crippen molar-refractivity contribution in [2.45, 2.75) is 45.1 Å². The highest BCUT2D eigenvalue weighted by Gasteiger charge is 2.76. The van der Waals surface area contributed by atoms with Gasteiger partial charge in [0.1, 0.15) is 0 Å². The van der Waals surface area contributed by atoms with Crippen LogP contribution < -0.4 is 0 Å². The van der Waals surface area contributed by atoms with Crippen LogP contribution in [0.25, 0.3) is 0 Å². The molecule has 0 spiro atoms. The Morgan fingerprint density at radius 1 is 0.903 bits per heavy atom. The first kappa shape index (κ1) is 24.6.